The van der Waals surface area contributed by atoms with Crippen LogP contribution >= 0.6 is 0 Å². The normalized spacial score (nSPS) is 17.4. The molecule has 1 unspecified atom stereocenters. The molecule has 1 aliphatic heterocycles. The highest BCUT2D eigenvalue weighted by Crippen LogP contribution is 2.30. The molecular formula is C16H24N2O4. The Labute approximate surface area is 131 Å². The number of likely N-dealkylation sites (N-methyl/N-ethyl adjacent to an activating group) is 1. The molecule has 1 amide bonds. The van der Waals surface area contributed by atoms with Crippen LogP contribution in [0.15, 0.2) is 24.3 Å². The third kappa shape index (κ3) is 4.11. The summed E-state index contributed by atoms with van der Waals surface area (Å²) in [5.74, 6) is 1.33. The van der Waals surface area contributed by atoms with Crippen LogP contribution in [0.2, 0.25) is 0 Å². The predicted molar refractivity (Wildman–Crippen MR) is 83.2 cm³/mol. The summed E-state index contributed by atoms with van der Waals surface area (Å²) in [6.07, 6.45) is -0.199. The maximum absolute atomic E-state index is 12.0. The number of aliphatic hydroxyl groups is 1. The van der Waals surface area contributed by atoms with Gasteiger partial charge in [-0.05, 0) is 33.0 Å². The van der Waals surface area contributed by atoms with Crippen LogP contribution in [0.1, 0.15) is 13.8 Å². The molecule has 0 saturated carbocycles. The van der Waals surface area contributed by atoms with Gasteiger partial charge in [0, 0.05) is 5.54 Å². The van der Waals surface area contributed by atoms with Crippen molar-refractivity contribution in [1.82, 2.24) is 10.2 Å². The number of hydrogen-bond donors (Lipinski definition) is 2. The van der Waals surface area contributed by atoms with Crippen molar-refractivity contribution in [1.29, 1.82) is 0 Å². The highest BCUT2D eigenvalue weighted by atomic mass is 16.6. The van der Waals surface area contributed by atoms with E-state index < -0.39 is 5.54 Å². The number of benzene rings is 1. The molecular weight excluding hydrogens is 284 g/mol. The van der Waals surface area contributed by atoms with Gasteiger partial charge in [-0.3, -0.25) is 9.69 Å². The lowest BCUT2D eigenvalue weighted by atomic mass is 10.1. The number of carbonyl (C=O) groups excluding carboxylic acids is 1. The van der Waals surface area contributed by atoms with Crippen LogP contribution in [-0.4, -0.2) is 60.9 Å². The SMILES string of the molecule is CN(CC(=O)NCC1COc2ccccc2O1)C(C)(C)CO. The van der Waals surface area contributed by atoms with Gasteiger partial charge in [0.2, 0.25) is 5.91 Å². The van der Waals surface area contributed by atoms with E-state index in [1.807, 2.05) is 50.1 Å². The Morgan fingerprint density at radius 2 is 2.09 bits per heavy atom. The van der Waals surface area contributed by atoms with Gasteiger partial charge < -0.3 is 19.9 Å². The zero-order valence-corrected chi connectivity index (χ0v) is 13.3. The van der Waals surface area contributed by atoms with E-state index in [1.165, 1.54) is 0 Å². The maximum Gasteiger partial charge on any atom is 0.234 e. The van der Waals surface area contributed by atoms with E-state index in [0.29, 0.717) is 18.9 Å². The molecule has 2 rings (SSSR count). The van der Waals surface area contributed by atoms with E-state index in [2.05, 4.69) is 5.32 Å². The van der Waals surface area contributed by atoms with Crippen LogP contribution in [0, 0.1) is 0 Å². The minimum Gasteiger partial charge on any atom is -0.486 e. The monoisotopic (exact) mass is 308 g/mol. The van der Waals surface area contributed by atoms with Crippen LogP contribution in [-0.2, 0) is 4.79 Å². The van der Waals surface area contributed by atoms with Gasteiger partial charge in [0.1, 0.15) is 12.7 Å². The first-order valence-electron chi connectivity index (χ1n) is 7.39. The number of fused-ring (bicyclic) bond motifs is 1. The first-order valence-corrected chi connectivity index (χ1v) is 7.39. The molecule has 6 nitrogen and oxygen atoms in total. The average Bonchev–Trinajstić information content (AvgIpc) is 2.52. The fourth-order valence-corrected chi connectivity index (χ4v) is 2.00. The van der Waals surface area contributed by atoms with Gasteiger partial charge in [-0.15, -0.1) is 0 Å². The average molecular weight is 308 g/mol. The van der Waals surface area contributed by atoms with Crippen molar-refractivity contribution in [2.75, 3.05) is 33.4 Å². The molecule has 0 bridgehead atoms. The van der Waals surface area contributed by atoms with E-state index in [0.717, 1.165) is 5.75 Å². The Kier molecular flexibility index (Phi) is 5.26. The third-order valence-corrected chi connectivity index (χ3v) is 3.90. The smallest absolute Gasteiger partial charge is 0.234 e. The number of amides is 1. The van der Waals surface area contributed by atoms with Crippen molar-refractivity contribution in [3.05, 3.63) is 24.3 Å². The number of aliphatic hydroxyl groups excluding tert-OH is 1. The molecule has 2 N–H and O–H groups in total. The van der Waals surface area contributed by atoms with Crippen molar-refractivity contribution in [2.45, 2.75) is 25.5 Å². The summed E-state index contributed by atoms with van der Waals surface area (Å²) < 4.78 is 11.4. The Bertz CT molecular complexity index is 519. The predicted octanol–water partition coefficient (Wildman–Crippen LogP) is 0.645. The Hall–Kier alpha value is -1.79. The second kappa shape index (κ2) is 6.98. The number of carbonyl (C=O) groups is 1. The van der Waals surface area contributed by atoms with E-state index >= 15 is 0 Å². The largest absolute Gasteiger partial charge is 0.486 e. The van der Waals surface area contributed by atoms with Gasteiger partial charge in [-0.2, -0.15) is 0 Å². The van der Waals surface area contributed by atoms with Gasteiger partial charge >= 0.3 is 0 Å². The molecule has 0 aliphatic carbocycles. The van der Waals surface area contributed by atoms with E-state index in [4.69, 9.17) is 9.47 Å². The summed E-state index contributed by atoms with van der Waals surface area (Å²) in [5.41, 5.74) is -0.430. The first kappa shape index (κ1) is 16.6. The molecule has 1 aliphatic rings. The van der Waals surface area contributed by atoms with E-state index in [-0.39, 0.29) is 25.2 Å². The molecule has 1 atom stereocenters. The topological polar surface area (TPSA) is 71.0 Å². The van der Waals surface area contributed by atoms with Crippen molar-refractivity contribution in [3.63, 3.8) is 0 Å². The number of nitrogens with one attached hydrogen (secondary N) is 1. The van der Waals surface area contributed by atoms with Crippen molar-refractivity contribution < 1.29 is 19.4 Å². The number of rotatable bonds is 6. The highest BCUT2D eigenvalue weighted by Gasteiger charge is 2.25. The van der Waals surface area contributed by atoms with Gasteiger partial charge in [0.15, 0.2) is 11.5 Å². The zero-order valence-electron chi connectivity index (χ0n) is 13.3. The molecule has 0 saturated heterocycles. The van der Waals surface area contributed by atoms with Crippen LogP contribution in [0.3, 0.4) is 0 Å². The fourth-order valence-electron chi connectivity index (χ4n) is 2.00. The highest BCUT2D eigenvalue weighted by molar-refractivity contribution is 5.78. The molecule has 0 radical (unpaired) electrons. The van der Waals surface area contributed by atoms with E-state index in [9.17, 15) is 9.90 Å². The Morgan fingerprint density at radius 1 is 1.41 bits per heavy atom. The lowest BCUT2D eigenvalue weighted by molar-refractivity contribution is -0.124. The molecule has 1 heterocycles. The number of para-hydroxylation sites is 2. The van der Waals surface area contributed by atoms with Gasteiger partial charge in [0.05, 0.1) is 19.7 Å². The van der Waals surface area contributed by atoms with Crippen molar-refractivity contribution in [2.24, 2.45) is 0 Å². The van der Waals surface area contributed by atoms with Gasteiger partial charge in [0.25, 0.3) is 0 Å². The Balaban J connectivity index is 1.78. The van der Waals surface area contributed by atoms with Crippen LogP contribution in [0.25, 0.3) is 0 Å². The minimum absolute atomic E-state index is 0.00681. The molecule has 0 fully saturated rings. The van der Waals surface area contributed by atoms with E-state index in [1.54, 1.807) is 0 Å². The molecule has 1 aromatic rings. The van der Waals surface area contributed by atoms with Crippen molar-refractivity contribution in [3.8, 4) is 11.5 Å². The summed E-state index contributed by atoms with van der Waals surface area (Å²) >= 11 is 0. The summed E-state index contributed by atoms with van der Waals surface area (Å²) in [6, 6.07) is 7.48. The third-order valence-electron chi connectivity index (χ3n) is 3.90. The first-order chi connectivity index (χ1) is 10.4. The molecule has 0 spiro atoms. The quantitative estimate of drug-likeness (QED) is 0.807. The summed E-state index contributed by atoms with van der Waals surface area (Å²) in [4.78, 5) is 13.8. The fraction of sp³-hybridized carbons (Fsp3) is 0.562. The molecule has 6 heteroatoms. The zero-order chi connectivity index (χ0) is 16.2. The summed E-state index contributed by atoms with van der Waals surface area (Å²) in [7, 11) is 1.81. The number of hydrogen-bond acceptors (Lipinski definition) is 5. The molecule has 122 valence electrons. The Morgan fingerprint density at radius 3 is 2.77 bits per heavy atom. The molecule has 22 heavy (non-hydrogen) atoms. The van der Waals surface area contributed by atoms with Gasteiger partial charge in [-0.25, -0.2) is 0 Å². The maximum atomic E-state index is 12.0. The number of ether oxygens (including phenoxy) is 2. The van der Waals surface area contributed by atoms with Gasteiger partial charge in [-0.1, -0.05) is 12.1 Å². The lowest BCUT2D eigenvalue weighted by Crippen LogP contribution is -2.50. The van der Waals surface area contributed by atoms with Crippen LogP contribution in [0.4, 0.5) is 0 Å². The standard InChI is InChI=1S/C16H24N2O4/c1-16(2,11-19)18(3)9-15(20)17-8-12-10-21-13-6-4-5-7-14(13)22-12/h4-7,12,19H,8-11H2,1-3H3,(H,17,20). The van der Waals surface area contributed by atoms with Crippen molar-refractivity contribution >= 4 is 5.91 Å². The second-order valence-corrected chi connectivity index (χ2v) is 6.13. The summed E-state index contributed by atoms with van der Waals surface area (Å²) in [6.45, 7) is 4.78. The number of nitrogens with zero attached hydrogens (tertiary/aromatic N) is 1. The minimum atomic E-state index is -0.430. The second-order valence-electron chi connectivity index (χ2n) is 6.13. The van der Waals surface area contributed by atoms with Crippen LogP contribution < -0.4 is 14.8 Å². The lowest BCUT2D eigenvalue weighted by Gasteiger charge is -2.33. The molecule has 0 aromatic heterocycles. The van der Waals surface area contributed by atoms with Crippen LogP contribution in [0.5, 0.6) is 11.5 Å². The molecule has 1 aromatic carbocycles. The summed E-state index contributed by atoms with van der Waals surface area (Å²) in [5, 5.41) is 12.1.